The van der Waals surface area contributed by atoms with Gasteiger partial charge in [0.05, 0.1) is 17.1 Å². The fraction of sp³-hybridized carbons (Fsp3) is 0.158. The van der Waals surface area contributed by atoms with Crippen molar-refractivity contribution >= 4 is 35.1 Å². The van der Waals surface area contributed by atoms with E-state index in [1.807, 2.05) is 0 Å². The van der Waals surface area contributed by atoms with E-state index >= 15 is 0 Å². The fourth-order valence-corrected chi connectivity index (χ4v) is 3.45. The van der Waals surface area contributed by atoms with E-state index in [0.29, 0.717) is 21.2 Å². The van der Waals surface area contributed by atoms with Gasteiger partial charge in [-0.1, -0.05) is 52.6 Å². The molecule has 4 rings (SSSR count). The highest BCUT2D eigenvalue weighted by Gasteiger charge is 2.49. The van der Waals surface area contributed by atoms with E-state index in [9.17, 15) is 9.59 Å². The predicted molar refractivity (Wildman–Crippen MR) is 103 cm³/mol. The maximum atomic E-state index is 13.0. The monoisotopic (exact) mass is 416 g/mol. The number of amides is 3. The number of nitrogens with one attached hydrogen (secondary N) is 1. The molecule has 0 radical (unpaired) electrons. The van der Waals surface area contributed by atoms with Gasteiger partial charge in [-0.2, -0.15) is 4.98 Å². The molecule has 7 nitrogen and oxygen atoms in total. The maximum absolute atomic E-state index is 13.0. The zero-order valence-corrected chi connectivity index (χ0v) is 16.2. The number of rotatable bonds is 4. The van der Waals surface area contributed by atoms with Gasteiger partial charge in [-0.25, -0.2) is 4.79 Å². The highest BCUT2D eigenvalue weighted by molar-refractivity contribution is 6.33. The summed E-state index contributed by atoms with van der Waals surface area (Å²) in [6.07, 6.45) is 0. The van der Waals surface area contributed by atoms with Gasteiger partial charge in [-0.05, 0) is 36.8 Å². The van der Waals surface area contributed by atoms with Crippen LogP contribution in [0.4, 0.5) is 4.79 Å². The molecule has 1 aromatic heterocycles. The molecule has 0 bridgehead atoms. The lowest BCUT2D eigenvalue weighted by Gasteiger charge is -2.22. The molecule has 1 fully saturated rings. The number of hydrogen-bond acceptors (Lipinski definition) is 5. The molecule has 1 aliphatic heterocycles. The molecule has 1 atom stereocenters. The number of carbonyl (C=O) groups excluding carboxylic acids is 2. The van der Waals surface area contributed by atoms with Crippen LogP contribution in [0.15, 0.2) is 53.1 Å². The summed E-state index contributed by atoms with van der Waals surface area (Å²) in [5.41, 5.74) is -0.0632. The number of aromatic nitrogens is 2. The first-order valence-electron chi connectivity index (χ1n) is 8.36. The van der Waals surface area contributed by atoms with E-state index in [1.165, 1.54) is 0 Å². The number of halogens is 2. The van der Waals surface area contributed by atoms with Crippen LogP contribution in [-0.4, -0.2) is 27.0 Å². The molecule has 1 N–H and O–H groups in total. The van der Waals surface area contributed by atoms with Crippen molar-refractivity contribution in [2.75, 3.05) is 0 Å². The molecule has 0 spiro atoms. The Hall–Kier alpha value is -2.90. The average molecular weight is 417 g/mol. The van der Waals surface area contributed by atoms with E-state index in [0.717, 1.165) is 4.90 Å². The summed E-state index contributed by atoms with van der Waals surface area (Å²) < 4.78 is 5.23. The molecular formula is C19H14Cl2N4O3. The highest BCUT2D eigenvalue weighted by Crippen LogP contribution is 2.31. The number of urea groups is 1. The Labute approximate surface area is 170 Å². The second-order valence-corrected chi connectivity index (χ2v) is 7.30. The van der Waals surface area contributed by atoms with Gasteiger partial charge in [-0.3, -0.25) is 9.69 Å². The topological polar surface area (TPSA) is 88.3 Å². The van der Waals surface area contributed by atoms with Crippen LogP contribution in [0.25, 0.3) is 11.5 Å². The summed E-state index contributed by atoms with van der Waals surface area (Å²) >= 11 is 12.2. The minimum absolute atomic E-state index is 0.130. The van der Waals surface area contributed by atoms with Gasteiger partial charge < -0.3 is 9.84 Å². The van der Waals surface area contributed by atoms with Crippen LogP contribution >= 0.6 is 23.2 Å². The molecule has 3 aromatic rings. The lowest BCUT2D eigenvalue weighted by Crippen LogP contribution is -2.40. The van der Waals surface area contributed by atoms with Crippen LogP contribution in [0, 0.1) is 0 Å². The summed E-state index contributed by atoms with van der Waals surface area (Å²) in [6, 6.07) is 13.3. The Morgan fingerprint density at radius 3 is 2.68 bits per heavy atom. The molecule has 2 aromatic carbocycles. The van der Waals surface area contributed by atoms with Crippen molar-refractivity contribution in [3.05, 3.63) is 70.0 Å². The van der Waals surface area contributed by atoms with Crippen molar-refractivity contribution < 1.29 is 14.1 Å². The Morgan fingerprint density at radius 1 is 1.14 bits per heavy atom. The lowest BCUT2D eigenvalue weighted by molar-refractivity contribution is -0.131. The summed E-state index contributed by atoms with van der Waals surface area (Å²) in [5.74, 6) is -0.0251. The minimum Gasteiger partial charge on any atom is -0.334 e. The number of imide groups is 1. The first-order chi connectivity index (χ1) is 13.4. The second kappa shape index (κ2) is 6.92. The van der Waals surface area contributed by atoms with E-state index in [1.54, 1.807) is 55.5 Å². The predicted octanol–water partition coefficient (Wildman–Crippen LogP) is 4.01. The molecule has 0 saturated carbocycles. The largest absolute Gasteiger partial charge is 0.334 e. The molecule has 28 heavy (non-hydrogen) atoms. The summed E-state index contributed by atoms with van der Waals surface area (Å²) in [5, 5.41) is 7.51. The number of hydrogen-bond donors (Lipinski definition) is 1. The van der Waals surface area contributed by atoms with Gasteiger partial charge >= 0.3 is 6.03 Å². The third kappa shape index (κ3) is 3.12. The Morgan fingerprint density at radius 2 is 1.93 bits per heavy atom. The van der Waals surface area contributed by atoms with Crippen LogP contribution in [0.5, 0.6) is 0 Å². The van der Waals surface area contributed by atoms with E-state index in [-0.39, 0.29) is 18.3 Å². The Kier molecular flexibility index (Phi) is 4.56. The van der Waals surface area contributed by atoms with Gasteiger partial charge in [0.2, 0.25) is 0 Å². The Bertz CT molecular complexity index is 1080. The molecule has 1 aliphatic rings. The first-order valence-corrected chi connectivity index (χ1v) is 9.12. The SMILES string of the molecule is CC1(c2cccc(Cl)c2)NC(=O)N(Cc2noc(-c3ccccc3Cl)n2)C1=O. The van der Waals surface area contributed by atoms with Gasteiger partial charge in [0.1, 0.15) is 5.54 Å². The van der Waals surface area contributed by atoms with Crippen LogP contribution in [-0.2, 0) is 16.9 Å². The highest BCUT2D eigenvalue weighted by atomic mass is 35.5. The fourth-order valence-electron chi connectivity index (χ4n) is 3.04. The number of nitrogens with zero attached hydrogens (tertiary/aromatic N) is 3. The molecule has 142 valence electrons. The zero-order valence-electron chi connectivity index (χ0n) is 14.6. The van der Waals surface area contributed by atoms with Gasteiger partial charge in [-0.15, -0.1) is 0 Å². The van der Waals surface area contributed by atoms with Crippen molar-refractivity contribution in [1.29, 1.82) is 0 Å². The Balaban J connectivity index is 1.59. The lowest BCUT2D eigenvalue weighted by atomic mass is 9.92. The smallest absolute Gasteiger partial charge is 0.325 e. The third-order valence-corrected chi connectivity index (χ3v) is 5.11. The zero-order chi connectivity index (χ0) is 19.9. The molecule has 1 unspecified atom stereocenters. The van der Waals surface area contributed by atoms with Gasteiger partial charge in [0, 0.05) is 5.02 Å². The van der Waals surface area contributed by atoms with Crippen molar-refractivity contribution in [3.8, 4) is 11.5 Å². The normalized spacial score (nSPS) is 19.2. The average Bonchev–Trinajstić information content (AvgIpc) is 3.21. The molecule has 2 heterocycles. The number of carbonyl (C=O) groups is 2. The van der Waals surface area contributed by atoms with Crippen LogP contribution < -0.4 is 5.32 Å². The molecule has 1 saturated heterocycles. The quantitative estimate of drug-likeness (QED) is 0.648. The van der Waals surface area contributed by atoms with E-state index < -0.39 is 17.5 Å². The third-order valence-electron chi connectivity index (χ3n) is 4.55. The van der Waals surface area contributed by atoms with E-state index in [2.05, 4.69) is 15.5 Å². The maximum Gasteiger partial charge on any atom is 0.325 e. The van der Waals surface area contributed by atoms with Gasteiger partial charge in [0.25, 0.3) is 11.8 Å². The standard InChI is InChI=1S/C19H14Cl2N4O3/c1-19(11-5-4-6-12(20)9-11)17(26)25(18(27)23-19)10-15-22-16(28-24-15)13-7-2-3-8-14(13)21/h2-9H,10H2,1H3,(H,23,27). The van der Waals surface area contributed by atoms with Crippen molar-refractivity contribution in [2.24, 2.45) is 0 Å². The summed E-state index contributed by atoms with van der Waals surface area (Å²) in [4.78, 5) is 30.7. The summed E-state index contributed by atoms with van der Waals surface area (Å²) in [6.45, 7) is 1.50. The molecule has 3 amide bonds. The van der Waals surface area contributed by atoms with E-state index in [4.69, 9.17) is 27.7 Å². The van der Waals surface area contributed by atoms with Crippen molar-refractivity contribution in [1.82, 2.24) is 20.4 Å². The van der Waals surface area contributed by atoms with Crippen LogP contribution in [0.2, 0.25) is 10.0 Å². The molecular weight excluding hydrogens is 403 g/mol. The second-order valence-electron chi connectivity index (χ2n) is 6.45. The van der Waals surface area contributed by atoms with Crippen LogP contribution in [0.1, 0.15) is 18.3 Å². The summed E-state index contributed by atoms with van der Waals surface area (Å²) in [7, 11) is 0. The molecule has 0 aliphatic carbocycles. The van der Waals surface area contributed by atoms with Crippen molar-refractivity contribution in [3.63, 3.8) is 0 Å². The number of benzene rings is 2. The van der Waals surface area contributed by atoms with Crippen LogP contribution in [0.3, 0.4) is 0 Å². The molecule has 9 heteroatoms. The van der Waals surface area contributed by atoms with Crippen molar-refractivity contribution in [2.45, 2.75) is 19.0 Å². The van der Waals surface area contributed by atoms with Gasteiger partial charge in [0.15, 0.2) is 5.82 Å². The minimum atomic E-state index is -1.22. The first kappa shape index (κ1) is 18.5.